The van der Waals surface area contributed by atoms with Crippen LogP contribution in [0.1, 0.15) is 86.3 Å². The molecule has 1 atom stereocenters. The van der Waals surface area contributed by atoms with Crippen molar-refractivity contribution >= 4 is 5.97 Å². The van der Waals surface area contributed by atoms with Gasteiger partial charge in [-0.05, 0) is 96.0 Å². The minimum Gasteiger partial charge on any atom is -0.497 e. The molecule has 2 aliphatic rings. The van der Waals surface area contributed by atoms with Gasteiger partial charge in [-0.15, -0.1) is 0 Å². The van der Waals surface area contributed by atoms with Crippen molar-refractivity contribution in [1.29, 1.82) is 0 Å². The summed E-state index contributed by atoms with van der Waals surface area (Å²) in [6.45, 7) is 0.400. The molecule has 0 amide bonds. The van der Waals surface area contributed by atoms with E-state index < -0.39 is 5.97 Å². The van der Waals surface area contributed by atoms with Gasteiger partial charge in [0.25, 0.3) is 0 Å². The second-order valence-corrected chi connectivity index (χ2v) is 10.9. The van der Waals surface area contributed by atoms with Crippen LogP contribution in [0.15, 0.2) is 60.7 Å². The average molecular weight is 517 g/mol. The predicted molar refractivity (Wildman–Crippen MR) is 147 cm³/mol. The summed E-state index contributed by atoms with van der Waals surface area (Å²) in [5, 5.41) is 9.38. The molecule has 2 saturated carbocycles. The molecule has 3 aromatic rings. The molecule has 3 aromatic carbocycles. The SMILES string of the molecule is COc1ccc(F)c(-c2ccc(COc3cccc([C@@H](CC(=O)O)C4CC4)c3)cc2C2CCCCCC2)c1. The summed E-state index contributed by atoms with van der Waals surface area (Å²) >= 11 is 0. The Morgan fingerprint density at radius 1 is 0.921 bits per heavy atom. The van der Waals surface area contributed by atoms with E-state index >= 15 is 4.39 Å². The van der Waals surface area contributed by atoms with Gasteiger partial charge in [0.2, 0.25) is 0 Å². The van der Waals surface area contributed by atoms with Crippen molar-refractivity contribution in [2.45, 2.75) is 76.2 Å². The molecule has 38 heavy (non-hydrogen) atoms. The number of carbonyl (C=O) groups is 1. The molecule has 0 aromatic heterocycles. The summed E-state index contributed by atoms with van der Waals surface area (Å²) in [6.07, 6.45) is 9.44. The molecule has 2 aliphatic carbocycles. The monoisotopic (exact) mass is 516 g/mol. The molecule has 0 heterocycles. The van der Waals surface area contributed by atoms with Crippen molar-refractivity contribution in [2.24, 2.45) is 5.92 Å². The minimum atomic E-state index is -0.758. The van der Waals surface area contributed by atoms with Crippen molar-refractivity contribution < 1.29 is 23.8 Å². The highest BCUT2D eigenvalue weighted by molar-refractivity contribution is 5.71. The molecule has 0 saturated heterocycles. The maximum Gasteiger partial charge on any atom is 0.303 e. The number of methoxy groups -OCH3 is 1. The van der Waals surface area contributed by atoms with Gasteiger partial charge in [0.15, 0.2) is 0 Å². The molecule has 0 radical (unpaired) electrons. The zero-order valence-electron chi connectivity index (χ0n) is 22.1. The molecular weight excluding hydrogens is 479 g/mol. The van der Waals surface area contributed by atoms with E-state index in [0.717, 1.165) is 48.1 Å². The number of rotatable bonds is 10. The second kappa shape index (κ2) is 12.0. The highest BCUT2D eigenvalue weighted by Crippen LogP contribution is 2.45. The summed E-state index contributed by atoms with van der Waals surface area (Å²) < 4.78 is 26.6. The Kier molecular flexibility index (Phi) is 8.31. The van der Waals surface area contributed by atoms with E-state index in [1.54, 1.807) is 19.2 Å². The lowest BCUT2D eigenvalue weighted by atomic mass is 9.85. The van der Waals surface area contributed by atoms with Crippen molar-refractivity contribution in [1.82, 2.24) is 0 Å². The number of hydrogen-bond acceptors (Lipinski definition) is 3. The normalized spacial score (nSPS) is 17.0. The number of aliphatic carboxylic acids is 1. The molecule has 5 heteroatoms. The van der Waals surface area contributed by atoms with Crippen LogP contribution in [-0.4, -0.2) is 18.2 Å². The van der Waals surface area contributed by atoms with E-state index in [-0.39, 0.29) is 18.2 Å². The van der Waals surface area contributed by atoms with Crippen LogP contribution < -0.4 is 9.47 Å². The lowest BCUT2D eigenvalue weighted by molar-refractivity contribution is -0.137. The van der Waals surface area contributed by atoms with Gasteiger partial charge in [0.05, 0.1) is 13.5 Å². The topological polar surface area (TPSA) is 55.8 Å². The van der Waals surface area contributed by atoms with Gasteiger partial charge in [-0.1, -0.05) is 56.0 Å². The first-order chi connectivity index (χ1) is 18.5. The summed E-state index contributed by atoms with van der Waals surface area (Å²) in [5.41, 5.74) is 4.78. The van der Waals surface area contributed by atoms with Crippen LogP contribution in [0.3, 0.4) is 0 Å². The average Bonchev–Trinajstić information content (AvgIpc) is 3.79. The molecule has 0 spiro atoms. The minimum absolute atomic E-state index is 0.0370. The van der Waals surface area contributed by atoms with Gasteiger partial charge in [-0.3, -0.25) is 4.79 Å². The van der Waals surface area contributed by atoms with Crippen LogP contribution in [0.2, 0.25) is 0 Å². The van der Waals surface area contributed by atoms with Crippen molar-refractivity contribution in [3.63, 3.8) is 0 Å². The fourth-order valence-electron chi connectivity index (χ4n) is 5.96. The molecule has 5 rings (SSSR count). The predicted octanol–water partition coefficient (Wildman–Crippen LogP) is 8.49. The van der Waals surface area contributed by atoms with Gasteiger partial charge >= 0.3 is 5.97 Å². The third-order valence-corrected chi connectivity index (χ3v) is 8.15. The Balaban J connectivity index is 1.40. The number of halogens is 1. The van der Waals surface area contributed by atoms with Crippen LogP contribution in [0, 0.1) is 11.7 Å². The maximum absolute atomic E-state index is 15.0. The van der Waals surface area contributed by atoms with Crippen LogP contribution >= 0.6 is 0 Å². The first-order valence-corrected chi connectivity index (χ1v) is 13.9. The van der Waals surface area contributed by atoms with Crippen LogP contribution in [0.4, 0.5) is 4.39 Å². The van der Waals surface area contributed by atoms with E-state index in [9.17, 15) is 9.90 Å². The Morgan fingerprint density at radius 3 is 2.42 bits per heavy atom. The third kappa shape index (κ3) is 6.38. The number of ether oxygens (including phenoxy) is 2. The Labute approximate surface area is 224 Å². The summed E-state index contributed by atoms with van der Waals surface area (Å²) in [5.74, 6) is 1.27. The van der Waals surface area contributed by atoms with Gasteiger partial charge in [-0.2, -0.15) is 0 Å². The lowest BCUT2D eigenvalue weighted by Gasteiger charge is -2.21. The van der Waals surface area contributed by atoms with Gasteiger partial charge < -0.3 is 14.6 Å². The summed E-state index contributed by atoms with van der Waals surface area (Å²) in [4.78, 5) is 11.4. The van der Waals surface area contributed by atoms with Crippen molar-refractivity contribution in [2.75, 3.05) is 7.11 Å². The first kappa shape index (κ1) is 26.3. The Hall–Kier alpha value is -3.34. The number of hydrogen-bond donors (Lipinski definition) is 1. The van der Waals surface area contributed by atoms with Gasteiger partial charge in [0, 0.05) is 5.56 Å². The molecule has 4 nitrogen and oxygen atoms in total. The zero-order valence-corrected chi connectivity index (χ0v) is 22.1. The van der Waals surface area contributed by atoms with Gasteiger partial charge in [-0.25, -0.2) is 4.39 Å². The highest BCUT2D eigenvalue weighted by Gasteiger charge is 2.33. The smallest absolute Gasteiger partial charge is 0.303 e. The van der Waals surface area contributed by atoms with Crippen LogP contribution in [0.25, 0.3) is 11.1 Å². The van der Waals surface area contributed by atoms with E-state index in [0.29, 0.717) is 29.8 Å². The van der Waals surface area contributed by atoms with Crippen LogP contribution in [-0.2, 0) is 11.4 Å². The highest BCUT2D eigenvalue weighted by atomic mass is 19.1. The second-order valence-electron chi connectivity index (χ2n) is 10.9. The largest absolute Gasteiger partial charge is 0.497 e. The zero-order chi connectivity index (χ0) is 26.5. The van der Waals surface area contributed by atoms with E-state index in [2.05, 4.69) is 6.07 Å². The number of carboxylic acid groups (broad SMARTS) is 1. The molecule has 0 bridgehead atoms. The molecule has 1 N–H and O–H groups in total. The maximum atomic E-state index is 15.0. The first-order valence-electron chi connectivity index (χ1n) is 13.9. The van der Waals surface area contributed by atoms with Crippen molar-refractivity contribution in [3.05, 3.63) is 83.2 Å². The van der Waals surface area contributed by atoms with Crippen LogP contribution in [0.5, 0.6) is 11.5 Å². The number of carboxylic acids is 1. The Bertz CT molecular complexity index is 1260. The Morgan fingerprint density at radius 2 is 1.71 bits per heavy atom. The molecule has 200 valence electrons. The molecule has 0 aliphatic heterocycles. The van der Waals surface area contributed by atoms with E-state index in [1.807, 2.05) is 36.4 Å². The quantitative estimate of drug-likeness (QED) is 0.275. The van der Waals surface area contributed by atoms with Gasteiger partial charge in [0.1, 0.15) is 23.9 Å². The fourth-order valence-corrected chi connectivity index (χ4v) is 5.96. The molecule has 0 unspecified atom stereocenters. The fraction of sp³-hybridized carbons (Fsp3) is 0.424. The third-order valence-electron chi connectivity index (χ3n) is 8.15. The van der Waals surface area contributed by atoms with Crippen molar-refractivity contribution in [3.8, 4) is 22.6 Å². The van der Waals surface area contributed by atoms with E-state index in [1.165, 1.54) is 37.3 Å². The molecular formula is C33H37FO4. The molecule has 2 fully saturated rings. The standard InChI is InChI=1S/C33H37FO4/c1-37-26-14-16-32(34)31(19-26)28-15-11-22(17-30(28)23-7-4-2-3-5-8-23)21-38-27-10-6-9-25(18-27)29(20-33(35)36)24-12-13-24/h6,9-11,14-19,23-24,29H,2-5,7-8,12-13,20-21H2,1H3,(H,35,36)/t29-/m0/s1. The van der Waals surface area contributed by atoms with E-state index in [4.69, 9.17) is 9.47 Å². The lowest BCUT2D eigenvalue weighted by Crippen LogP contribution is -2.08. The number of benzene rings is 3. The summed E-state index contributed by atoms with van der Waals surface area (Å²) in [6, 6.07) is 19.1. The summed E-state index contributed by atoms with van der Waals surface area (Å²) in [7, 11) is 1.60.